The van der Waals surface area contributed by atoms with Crippen molar-refractivity contribution >= 4 is 40.2 Å². The molecule has 6 nitrogen and oxygen atoms in total. The lowest BCUT2D eigenvalue weighted by Gasteiger charge is -2.07. The van der Waals surface area contributed by atoms with Gasteiger partial charge in [0.05, 0.1) is 5.75 Å². The van der Waals surface area contributed by atoms with Crippen molar-refractivity contribution in [2.45, 2.75) is 18.2 Å². The first-order chi connectivity index (χ1) is 14.6. The van der Waals surface area contributed by atoms with Crippen LogP contribution in [0.2, 0.25) is 5.02 Å². The summed E-state index contributed by atoms with van der Waals surface area (Å²) >= 11 is 7.39. The quantitative estimate of drug-likeness (QED) is 0.311. The van der Waals surface area contributed by atoms with E-state index in [0.29, 0.717) is 34.9 Å². The van der Waals surface area contributed by atoms with E-state index in [4.69, 9.17) is 16.0 Å². The smallest absolute Gasteiger partial charge is 0.230 e. The molecule has 30 heavy (non-hydrogen) atoms. The number of rotatable bonds is 8. The summed E-state index contributed by atoms with van der Waals surface area (Å²) < 4.78 is 7.79. The summed E-state index contributed by atoms with van der Waals surface area (Å²) in [7, 11) is 0. The predicted octanol–water partition coefficient (Wildman–Crippen LogP) is 4.94. The van der Waals surface area contributed by atoms with Crippen molar-refractivity contribution in [1.29, 1.82) is 0 Å². The van der Waals surface area contributed by atoms with Gasteiger partial charge in [0.2, 0.25) is 11.7 Å². The number of hydrogen-bond donors (Lipinski definition) is 1. The maximum atomic E-state index is 12.2. The Morgan fingerprint density at radius 3 is 2.83 bits per heavy atom. The number of carbonyl (C=O) groups is 1. The summed E-state index contributed by atoms with van der Waals surface area (Å²) in [5.41, 5.74) is 1.77. The van der Waals surface area contributed by atoms with Crippen LogP contribution in [0.3, 0.4) is 0 Å². The van der Waals surface area contributed by atoms with Gasteiger partial charge in [-0.05, 0) is 29.8 Å². The second kappa shape index (κ2) is 9.19. The third-order valence-corrected chi connectivity index (χ3v) is 5.59. The molecule has 2 aromatic carbocycles. The number of allylic oxidation sites excluding steroid dienone is 1. The Kier molecular flexibility index (Phi) is 6.21. The normalized spacial score (nSPS) is 11.0. The average molecular weight is 439 g/mol. The standard InChI is InChI=1S/C22H19ClN4O2S/c1-2-10-27-21(19-12-16-11-17(23)8-9-18(16)29-19)25-26-22(27)30-14-20(28)24-13-15-6-4-3-5-7-15/h2-9,11-12H,1,10,13-14H2,(H,24,28). The zero-order valence-corrected chi connectivity index (χ0v) is 17.6. The number of thioether (sulfide) groups is 1. The summed E-state index contributed by atoms with van der Waals surface area (Å²) in [6.07, 6.45) is 1.76. The zero-order valence-electron chi connectivity index (χ0n) is 16.0. The molecule has 0 saturated heterocycles. The molecule has 1 N–H and O–H groups in total. The van der Waals surface area contributed by atoms with Gasteiger partial charge in [0.15, 0.2) is 10.9 Å². The van der Waals surface area contributed by atoms with Crippen molar-refractivity contribution in [3.05, 3.63) is 77.8 Å². The first kappa shape index (κ1) is 20.3. The Morgan fingerprint density at radius 2 is 2.03 bits per heavy atom. The highest BCUT2D eigenvalue weighted by molar-refractivity contribution is 7.99. The van der Waals surface area contributed by atoms with Crippen LogP contribution in [0.4, 0.5) is 0 Å². The number of halogens is 1. The van der Waals surface area contributed by atoms with Gasteiger partial charge in [-0.2, -0.15) is 0 Å². The lowest BCUT2D eigenvalue weighted by molar-refractivity contribution is -0.118. The maximum Gasteiger partial charge on any atom is 0.230 e. The first-order valence-corrected chi connectivity index (χ1v) is 10.7. The van der Waals surface area contributed by atoms with Crippen LogP contribution in [0.5, 0.6) is 0 Å². The first-order valence-electron chi connectivity index (χ1n) is 9.31. The van der Waals surface area contributed by atoms with Gasteiger partial charge in [0.25, 0.3) is 0 Å². The van der Waals surface area contributed by atoms with E-state index in [1.165, 1.54) is 11.8 Å². The number of fused-ring (bicyclic) bond motifs is 1. The number of carbonyl (C=O) groups excluding carboxylic acids is 1. The molecule has 0 aliphatic heterocycles. The van der Waals surface area contributed by atoms with E-state index in [0.717, 1.165) is 16.5 Å². The molecule has 0 radical (unpaired) electrons. The van der Waals surface area contributed by atoms with Crippen LogP contribution in [0, 0.1) is 0 Å². The van der Waals surface area contributed by atoms with Gasteiger partial charge < -0.3 is 9.73 Å². The fourth-order valence-electron chi connectivity index (χ4n) is 2.97. The lowest BCUT2D eigenvalue weighted by Crippen LogP contribution is -2.24. The van der Waals surface area contributed by atoms with Crippen LogP contribution in [0.1, 0.15) is 5.56 Å². The third kappa shape index (κ3) is 4.58. The lowest BCUT2D eigenvalue weighted by atomic mass is 10.2. The second-order valence-corrected chi connectivity index (χ2v) is 7.93. The molecule has 152 valence electrons. The third-order valence-electron chi connectivity index (χ3n) is 4.39. The van der Waals surface area contributed by atoms with Gasteiger partial charge in [0.1, 0.15) is 5.58 Å². The SMILES string of the molecule is C=CCn1c(SCC(=O)NCc2ccccc2)nnc1-c1cc2cc(Cl)ccc2o1. The van der Waals surface area contributed by atoms with Crippen LogP contribution in [-0.2, 0) is 17.9 Å². The van der Waals surface area contributed by atoms with E-state index in [1.807, 2.05) is 53.1 Å². The number of aromatic nitrogens is 3. The molecule has 0 fully saturated rings. The molecule has 0 atom stereocenters. The van der Waals surface area contributed by atoms with Gasteiger partial charge in [-0.3, -0.25) is 9.36 Å². The largest absolute Gasteiger partial charge is 0.453 e. The Balaban J connectivity index is 1.47. The van der Waals surface area contributed by atoms with E-state index >= 15 is 0 Å². The fourth-order valence-corrected chi connectivity index (χ4v) is 3.93. The highest BCUT2D eigenvalue weighted by Gasteiger charge is 2.18. The van der Waals surface area contributed by atoms with E-state index in [1.54, 1.807) is 12.1 Å². The summed E-state index contributed by atoms with van der Waals surface area (Å²) in [5.74, 6) is 1.33. The van der Waals surface area contributed by atoms with Gasteiger partial charge >= 0.3 is 0 Å². The molecule has 0 spiro atoms. The topological polar surface area (TPSA) is 73.0 Å². The number of benzene rings is 2. The van der Waals surface area contributed by atoms with Crippen LogP contribution in [-0.4, -0.2) is 26.4 Å². The number of nitrogens with zero attached hydrogens (tertiary/aromatic N) is 3. The molecule has 0 aliphatic rings. The van der Waals surface area contributed by atoms with Gasteiger partial charge in [-0.1, -0.05) is 59.8 Å². The molecule has 0 saturated carbocycles. The summed E-state index contributed by atoms with van der Waals surface area (Å²) in [4.78, 5) is 12.2. The van der Waals surface area contributed by atoms with Gasteiger partial charge in [-0.25, -0.2) is 0 Å². The minimum atomic E-state index is -0.0723. The highest BCUT2D eigenvalue weighted by Crippen LogP contribution is 2.30. The Hall–Kier alpha value is -3.03. The second-order valence-electron chi connectivity index (χ2n) is 6.55. The Labute approximate surface area is 182 Å². The van der Waals surface area contributed by atoms with Crippen LogP contribution in [0.25, 0.3) is 22.6 Å². The predicted molar refractivity (Wildman–Crippen MR) is 119 cm³/mol. The summed E-state index contributed by atoms with van der Waals surface area (Å²) in [5, 5.41) is 13.6. The van der Waals surface area contributed by atoms with Crippen molar-refractivity contribution < 1.29 is 9.21 Å². The van der Waals surface area contributed by atoms with E-state index in [9.17, 15) is 4.79 Å². The van der Waals surface area contributed by atoms with Gasteiger partial charge in [0, 0.05) is 23.5 Å². The zero-order chi connectivity index (χ0) is 20.9. The van der Waals surface area contributed by atoms with Crippen molar-refractivity contribution in [2.75, 3.05) is 5.75 Å². The minimum absolute atomic E-state index is 0.0723. The molecule has 0 aliphatic carbocycles. The highest BCUT2D eigenvalue weighted by atomic mass is 35.5. The van der Waals surface area contributed by atoms with Crippen molar-refractivity contribution in [3.63, 3.8) is 0 Å². The van der Waals surface area contributed by atoms with E-state index < -0.39 is 0 Å². The minimum Gasteiger partial charge on any atom is -0.453 e. The van der Waals surface area contributed by atoms with E-state index in [2.05, 4.69) is 22.1 Å². The molecule has 2 heterocycles. The molecule has 4 rings (SSSR count). The van der Waals surface area contributed by atoms with Crippen molar-refractivity contribution in [3.8, 4) is 11.6 Å². The molecule has 8 heteroatoms. The van der Waals surface area contributed by atoms with Gasteiger partial charge in [-0.15, -0.1) is 16.8 Å². The van der Waals surface area contributed by atoms with Crippen LogP contribution < -0.4 is 5.32 Å². The molecule has 0 unspecified atom stereocenters. The van der Waals surface area contributed by atoms with E-state index in [-0.39, 0.29) is 11.7 Å². The molecule has 2 aromatic heterocycles. The van der Waals surface area contributed by atoms with Crippen LogP contribution in [0.15, 0.2) is 76.8 Å². The Morgan fingerprint density at radius 1 is 1.20 bits per heavy atom. The molecule has 0 bridgehead atoms. The number of nitrogens with one attached hydrogen (secondary N) is 1. The number of amides is 1. The molecule has 1 amide bonds. The Bertz CT molecular complexity index is 1190. The number of furan rings is 1. The fraction of sp³-hybridized carbons (Fsp3) is 0.136. The summed E-state index contributed by atoms with van der Waals surface area (Å²) in [6, 6.07) is 17.1. The molecule has 4 aromatic rings. The maximum absolute atomic E-state index is 12.2. The van der Waals surface area contributed by atoms with Crippen molar-refractivity contribution in [2.24, 2.45) is 0 Å². The molecular formula is C22H19ClN4O2S. The molecular weight excluding hydrogens is 420 g/mol. The van der Waals surface area contributed by atoms with Crippen molar-refractivity contribution in [1.82, 2.24) is 20.1 Å². The van der Waals surface area contributed by atoms with Crippen LogP contribution >= 0.6 is 23.4 Å². The monoisotopic (exact) mass is 438 g/mol. The summed E-state index contributed by atoms with van der Waals surface area (Å²) in [6.45, 7) is 4.80. The number of hydrogen-bond acceptors (Lipinski definition) is 5. The average Bonchev–Trinajstić information content (AvgIpc) is 3.35.